The molecule has 0 rings (SSSR count). The van der Waals surface area contributed by atoms with E-state index < -0.39 is 0 Å². The summed E-state index contributed by atoms with van der Waals surface area (Å²) in [6, 6.07) is 0. The first-order valence-electron chi connectivity index (χ1n) is 3.16. The van der Waals surface area contributed by atoms with E-state index >= 15 is 0 Å². The van der Waals surface area contributed by atoms with Crippen LogP contribution in [0.1, 0.15) is 0 Å². The predicted octanol–water partition coefficient (Wildman–Crippen LogP) is -1.18. The van der Waals surface area contributed by atoms with Crippen molar-refractivity contribution in [1.82, 2.24) is 5.32 Å². The Morgan fingerprint density at radius 1 is 1.10 bits per heavy atom. The molecule has 0 saturated heterocycles. The van der Waals surface area contributed by atoms with Crippen LogP contribution in [0.5, 0.6) is 0 Å². The van der Waals surface area contributed by atoms with Gasteiger partial charge in [0.25, 0.3) is 0 Å². The number of hydrogen-bond acceptors (Lipinski definition) is 4. The molecule has 4 nitrogen and oxygen atoms in total. The Bertz CT molecular complexity index is 40.0. The van der Waals surface area contributed by atoms with Gasteiger partial charge in [-0.25, -0.2) is 0 Å². The fourth-order valence-electron chi connectivity index (χ4n) is 0.283. The van der Waals surface area contributed by atoms with Crippen molar-refractivity contribution in [2.75, 3.05) is 40.5 Å². The minimum absolute atomic E-state index is 0.139. The normalized spacial score (nSPS) is 8.40. The molecule has 0 heterocycles. The van der Waals surface area contributed by atoms with Crippen molar-refractivity contribution in [2.24, 2.45) is 0 Å². The largest absolute Gasteiger partial charge is 0.395 e. The predicted molar refractivity (Wildman–Crippen MR) is 40.0 cm³/mol. The average molecular weight is 151 g/mol. The van der Waals surface area contributed by atoms with E-state index in [1.54, 1.807) is 14.2 Å². The van der Waals surface area contributed by atoms with Gasteiger partial charge >= 0.3 is 0 Å². The minimum Gasteiger partial charge on any atom is -0.395 e. The summed E-state index contributed by atoms with van der Waals surface area (Å²) in [5.74, 6) is 0. The van der Waals surface area contributed by atoms with Crippen LogP contribution in [0.15, 0.2) is 0 Å². The van der Waals surface area contributed by atoms with Crippen LogP contribution in [0.4, 0.5) is 0 Å². The number of hydrogen-bond donors (Lipinski definition) is 3. The third kappa shape index (κ3) is 24.9. The van der Waals surface area contributed by atoms with E-state index in [4.69, 9.17) is 10.2 Å². The summed E-state index contributed by atoms with van der Waals surface area (Å²) in [5.41, 5.74) is 0. The summed E-state index contributed by atoms with van der Waals surface area (Å²) < 4.78 is 4.25. The van der Waals surface area contributed by atoms with Gasteiger partial charge in [0.05, 0.1) is 13.2 Å². The van der Waals surface area contributed by atoms with Gasteiger partial charge < -0.3 is 20.3 Å². The first-order chi connectivity index (χ1) is 4.83. The molecule has 0 aliphatic rings. The molecule has 0 bridgehead atoms. The molecule has 0 radical (unpaired) electrons. The third-order valence-electron chi connectivity index (χ3n) is 0.577. The highest BCUT2D eigenvalue weighted by molar-refractivity contribution is 4.39. The van der Waals surface area contributed by atoms with E-state index in [2.05, 4.69) is 10.1 Å². The fraction of sp³-hybridized carbons (Fsp3) is 1.00. The highest BCUT2D eigenvalue weighted by atomic mass is 16.4. The van der Waals surface area contributed by atoms with Gasteiger partial charge in [-0.1, -0.05) is 0 Å². The van der Waals surface area contributed by atoms with Gasteiger partial charge in [-0.05, 0) is 0 Å². The molecule has 0 saturated carbocycles. The molecule has 3 N–H and O–H groups in total. The van der Waals surface area contributed by atoms with E-state index in [1.165, 1.54) is 0 Å². The molecule has 4 heteroatoms. The number of rotatable bonds is 4. The van der Waals surface area contributed by atoms with E-state index in [-0.39, 0.29) is 13.2 Å². The highest BCUT2D eigenvalue weighted by Crippen LogP contribution is 1.54. The number of aliphatic hydroxyl groups is 2. The first kappa shape index (κ1) is 12.5. The lowest BCUT2D eigenvalue weighted by atomic mass is 10.6. The highest BCUT2D eigenvalue weighted by Gasteiger charge is 1.78. The van der Waals surface area contributed by atoms with Gasteiger partial charge in [0.2, 0.25) is 0 Å². The Hall–Kier alpha value is -0.160. The molecule has 0 amide bonds. The van der Waals surface area contributed by atoms with Crippen LogP contribution in [0.25, 0.3) is 0 Å². The molecule has 0 aromatic rings. The Labute approximate surface area is 61.8 Å². The van der Waals surface area contributed by atoms with Crippen LogP contribution in [0, 0.1) is 0 Å². The lowest BCUT2D eigenvalue weighted by molar-refractivity contribution is 0.267. The fourth-order valence-corrected chi connectivity index (χ4v) is 0.283. The van der Waals surface area contributed by atoms with Crippen molar-refractivity contribution < 1.29 is 14.9 Å². The van der Waals surface area contributed by atoms with Crippen LogP contribution >= 0.6 is 0 Å². The first-order valence-corrected chi connectivity index (χ1v) is 3.16. The molecule has 10 heavy (non-hydrogen) atoms. The Morgan fingerprint density at radius 2 is 1.40 bits per heavy atom. The number of methoxy groups -OCH3 is 1. The Kier molecular flexibility index (Phi) is 19.9. The average Bonchev–Trinajstić information content (AvgIpc) is 1.91. The third-order valence-corrected chi connectivity index (χ3v) is 0.577. The maximum Gasteiger partial charge on any atom is 0.0555 e. The van der Waals surface area contributed by atoms with Crippen molar-refractivity contribution in [3.05, 3.63) is 0 Å². The van der Waals surface area contributed by atoms with Gasteiger partial charge in [0, 0.05) is 27.3 Å². The van der Waals surface area contributed by atoms with E-state index in [9.17, 15) is 0 Å². The van der Waals surface area contributed by atoms with E-state index in [0.29, 0.717) is 13.1 Å². The summed E-state index contributed by atoms with van der Waals surface area (Å²) >= 11 is 0. The molecule has 0 aliphatic carbocycles. The smallest absolute Gasteiger partial charge is 0.0555 e. The monoisotopic (exact) mass is 151 g/mol. The standard InChI is InChI=1S/C4H11NO2.C2H6O/c6-3-1-5-2-4-7;1-3-2/h5-7H,1-4H2;1-2H3. The molecule has 0 fully saturated rings. The van der Waals surface area contributed by atoms with Gasteiger partial charge in [0.15, 0.2) is 0 Å². The summed E-state index contributed by atoms with van der Waals surface area (Å²) in [7, 11) is 3.25. The van der Waals surface area contributed by atoms with Crippen LogP contribution in [0.3, 0.4) is 0 Å². The molecular weight excluding hydrogens is 134 g/mol. The lowest BCUT2D eigenvalue weighted by Gasteiger charge is -1.94. The second-order valence-electron chi connectivity index (χ2n) is 1.61. The maximum atomic E-state index is 8.15. The number of nitrogens with one attached hydrogen (secondary N) is 1. The second kappa shape index (κ2) is 15.9. The Morgan fingerprint density at radius 3 is 1.60 bits per heavy atom. The summed E-state index contributed by atoms with van der Waals surface area (Å²) in [6.07, 6.45) is 0. The molecular formula is C6H17NO3. The number of aliphatic hydroxyl groups excluding tert-OH is 2. The topological polar surface area (TPSA) is 61.7 Å². The van der Waals surface area contributed by atoms with Gasteiger partial charge in [0.1, 0.15) is 0 Å². The lowest BCUT2D eigenvalue weighted by Crippen LogP contribution is -2.21. The van der Waals surface area contributed by atoms with Crippen molar-refractivity contribution in [3.63, 3.8) is 0 Å². The van der Waals surface area contributed by atoms with Gasteiger partial charge in [-0.2, -0.15) is 0 Å². The molecule has 0 atom stereocenters. The zero-order chi connectivity index (χ0) is 8.24. The van der Waals surface area contributed by atoms with Crippen molar-refractivity contribution in [3.8, 4) is 0 Å². The number of ether oxygens (including phenoxy) is 1. The molecule has 0 unspecified atom stereocenters. The quantitative estimate of drug-likeness (QED) is 0.443. The molecule has 0 aliphatic heterocycles. The van der Waals surface area contributed by atoms with Crippen LogP contribution < -0.4 is 5.32 Å². The van der Waals surface area contributed by atoms with Crippen LogP contribution in [-0.4, -0.2) is 50.7 Å². The summed E-state index contributed by atoms with van der Waals surface area (Å²) in [6.45, 7) is 1.42. The van der Waals surface area contributed by atoms with Gasteiger partial charge in [-0.3, -0.25) is 0 Å². The molecule has 0 spiro atoms. The maximum absolute atomic E-state index is 8.15. The van der Waals surface area contributed by atoms with Crippen LogP contribution in [-0.2, 0) is 4.74 Å². The minimum atomic E-state index is 0.139. The summed E-state index contributed by atoms with van der Waals surface area (Å²) in [4.78, 5) is 0. The van der Waals surface area contributed by atoms with Crippen molar-refractivity contribution >= 4 is 0 Å². The Balaban J connectivity index is 0. The molecule has 0 aromatic heterocycles. The van der Waals surface area contributed by atoms with Crippen molar-refractivity contribution in [2.45, 2.75) is 0 Å². The summed E-state index contributed by atoms with van der Waals surface area (Å²) in [5, 5.41) is 19.1. The van der Waals surface area contributed by atoms with E-state index in [0.717, 1.165) is 0 Å². The van der Waals surface area contributed by atoms with E-state index in [1.807, 2.05) is 0 Å². The molecule has 0 aromatic carbocycles. The van der Waals surface area contributed by atoms with Gasteiger partial charge in [-0.15, -0.1) is 0 Å². The van der Waals surface area contributed by atoms with Crippen LogP contribution in [0.2, 0.25) is 0 Å². The zero-order valence-electron chi connectivity index (χ0n) is 6.63. The SMILES string of the molecule is COC.OCCNCCO. The van der Waals surface area contributed by atoms with Crippen molar-refractivity contribution in [1.29, 1.82) is 0 Å². The molecule has 64 valence electrons. The zero-order valence-corrected chi connectivity index (χ0v) is 6.63. The second-order valence-corrected chi connectivity index (χ2v) is 1.61.